The van der Waals surface area contributed by atoms with Gasteiger partial charge < -0.3 is 45.1 Å². The molecular weight excluding hydrogens is 919 g/mol. The number of allylic oxidation sites excluding steroid dienone is 19. The van der Waals surface area contributed by atoms with Crippen LogP contribution in [-0.4, -0.2) is 99.6 Å². The van der Waals surface area contributed by atoms with Crippen molar-refractivity contribution in [3.05, 3.63) is 122 Å². The summed E-state index contributed by atoms with van der Waals surface area (Å²) >= 11 is 0. The van der Waals surface area contributed by atoms with E-state index in [9.17, 15) is 35.1 Å². The number of amides is 1. The lowest BCUT2D eigenvalue weighted by Crippen LogP contribution is -2.61. The van der Waals surface area contributed by atoms with Crippen molar-refractivity contribution in [2.45, 2.75) is 243 Å². The SMILES string of the molecule is CC/C=C/C=C/C=C\C=C/C=C/CCCC(=O)OC1C(OCC(NC(=O)C(O)CCCCCC/C=C\C/C=C\C/C=C\C/C=C\CCCCC)C(O)/C=C/CCCCCCCCCCC)OC(CO)C(O)C1O. The molecule has 1 amide bonds. The molecule has 73 heavy (non-hydrogen) atoms. The Morgan fingerprint density at radius 3 is 1.62 bits per heavy atom. The lowest BCUT2D eigenvalue weighted by molar-refractivity contribution is -0.305. The van der Waals surface area contributed by atoms with Crippen molar-refractivity contribution in [1.29, 1.82) is 0 Å². The number of nitrogens with one attached hydrogen (secondary N) is 1. The van der Waals surface area contributed by atoms with Gasteiger partial charge in [0.25, 0.3) is 0 Å². The highest BCUT2D eigenvalue weighted by Gasteiger charge is 2.47. The average Bonchev–Trinajstić information content (AvgIpc) is 3.39. The number of ether oxygens (including phenoxy) is 3. The molecule has 0 aliphatic carbocycles. The van der Waals surface area contributed by atoms with Gasteiger partial charge in [-0.1, -0.05) is 226 Å². The minimum atomic E-state index is -1.65. The number of carbonyl (C=O) groups excluding carboxylic acids is 2. The molecular formula is C62H101NO10. The Morgan fingerprint density at radius 2 is 1.04 bits per heavy atom. The number of aliphatic hydroxyl groups is 5. The first kappa shape index (κ1) is 67.1. The largest absolute Gasteiger partial charge is 0.454 e. The number of unbranched alkanes of at least 4 members (excludes halogenated alkanes) is 17. The smallest absolute Gasteiger partial charge is 0.306 e. The molecule has 1 heterocycles. The molecule has 0 radical (unpaired) electrons. The Kier molecular flexibility index (Phi) is 45.0. The van der Waals surface area contributed by atoms with Crippen molar-refractivity contribution < 1.29 is 49.3 Å². The van der Waals surface area contributed by atoms with Crippen molar-refractivity contribution >= 4 is 11.9 Å². The normalized spacial score (nSPS) is 20.4. The molecule has 0 spiro atoms. The number of carbonyl (C=O) groups is 2. The van der Waals surface area contributed by atoms with E-state index in [1.807, 2.05) is 60.8 Å². The van der Waals surface area contributed by atoms with E-state index in [1.54, 1.807) is 6.08 Å². The molecule has 11 heteroatoms. The molecule has 0 saturated carbocycles. The van der Waals surface area contributed by atoms with E-state index >= 15 is 0 Å². The summed E-state index contributed by atoms with van der Waals surface area (Å²) in [5.41, 5.74) is 0. The number of hydrogen-bond acceptors (Lipinski definition) is 10. The molecule has 1 rings (SSSR count). The zero-order chi connectivity index (χ0) is 53.3. The maximum absolute atomic E-state index is 13.4. The van der Waals surface area contributed by atoms with Crippen molar-refractivity contribution in [1.82, 2.24) is 5.32 Å². The summed E-state index contributed by atoms with van der Waals surface area (Å²) in [7, 11) is 0. The van der Waals surface area contributed by atoms with E-state index < -0.39 is 67.4 Å². The first-order valence-corrected chi connectivity index (χ1v) is 28.4. The number of rotatable bonds is 45. The third-order valence-electron chi connectivity index (χ3n) is 12.5. The third-order valence-corrected chi connectivity index (χ3v) is 12.5. The van der Waals surface area contributed by atoms with E-state index in [-0.39, 0.29) is 19.4 Å². The van der Waals surface area contributed by atoms with E-state index in [2.05, 4.69) is 80.8 Å². The summed E-state index contributed by atoms with van der Waals surface area (Å²) < 4.78 is 17.4. The molecule has 1 aliphatic rings. The first-order valence-electron chi connectivity index (χ1n) is 28.4. The fraction of sp³-hybridized carbons (Fsp3) is 0.645. The van der Waals surface area contributed by atoms with Gasteiger partial charge in [0.15, 0.2) is 12.4 Å². The van der Waals surface area contributed by atoms with E-state index in [0.29, 0.717) is 19.3 Å². The van der Waals surface area contributed by atoms with Crippen molar-refractivity contribution in [3.63, 3.8) is 0 Å². The van der Waals surface area contributed by atoms with Crippen LogP contribution in [0.15, 0.2) is 122 Å². The topological polar surface area (TPSA) is 175 Å². The molecule has 0 aromatic heterocycles. The summed E-state index contributed by atoms with van der Waals surface area (Å²) in [4.78, 5) is 26.4. The van der Waals surface area contributed by atoms with Gasteiger partial charge in [0.2, 0.25) is 5.91 Å². The van der Waals surface area contributed by atoms with E-state index in [1.165, 1.54) is 64.2 Å². The van der Waals surface area contributed by atoms with E-state index in [4.69, 9.17) is 14.2 Å². The standard InChI is InChI=1S/C62H101NO10/c1-4-7-10-13-16-19-22-24-25-26-27-28-29-30-32-34-37-40-43-46-49-55(66)61(70)63-53(54(65)48-45-42-39-36-33-21-18-15-12-9-6-3)52-71-62-60(59(69)58(68)56(51-64)72-62)73-57(67)50-47-44-41-38-35-31-23-20-17-14-11-8-5-2/h8,11,14,16-17,19-20,23-25,27-28,30-32,35,38,41,45,48,53-56,58-60,62,64-66,68-69H,4-7,9-10,12-13,15,18,21-22,26,29,33-34,36-37,39-40,42-44,46-47,49-52H2,1-3H3,(H,63,70)/b11-8+,17-14+,19-16-,23-20-,25-24-,28-27-,32-30-,35-31-,41-38+,48-45+. The fourth-order valence-electron chi connectivity index (χ4n) is 7.96. The molecule has 11 nitrogen and oxygen atoms in total. The molecule has 414 valence electrons. The van der Waals surface area contributed by atoms with Gasteiger partial charge in [-0.05, 0) is 83.5 Å². The van der Waals surface area contributed by atoms with Crippen molar-refractivity contribution in [2.24, 2.45) is 0 Å². The molecule has 0 aromatic rings. The molecule has 8 atom stereocenters. The Balaban J connectivity index is 2.77. The van der Waals surface area contributed by atoms with Crippen LogP contribution in [0.25, 0.3) is 0 Å². The second-order valence-corrected chi connectivity index (χ2v) is 19.1. The average molecular weight is 1020 g/mol. The highest BCUT2D eigenvalue weighted by atomic mass is 16.7. The van der Waals surface area contributed by atoms with Gasteiger partial charge in [-0.25, -0.2) is 0 Å². The second-order valence-electron chi connectivity index (χ2n) is 19.1. The van der Waals surface area contributed by atoms with Crippen LogP contribution in [0.2, 0.25) is 0 Å². The molecule has 0 bridgehead atoms. The summed E-state index contributed by atoms with van der Waals surface area (Å²) in [6.45, 7) is 5.52. The van der Waals surface area contributed by atoms with Crippen LogP contribution in [0, 0.1) is 0 Å². The van der Waals surface area contributed by atoms with Crippen LogP contribution in [0.3, 0.4) is 0 Å². The number of esters is 1. The summed E-state index contributed by atoms with van der Waals surface area (Å²) in [6, 6.07) is -1.06. The van der Waals surface area contributed by atoms with Gasteiger partial charge >= 0.3 is 5.97 Å². The van der Waals surface area contributed by atoms with Gasteiger partial charge in [0, 0.05) is 6.42 Å². The summed E-state index contributed by atoms with van der Waals surface area (Å²) in [5, 5.41) is 56.7. The Hall–Kier alpha value is -3.94. The van der Waals surface area contributed by atoms with E-state index in [0.717, 1.165) is 77.0 Å². The van der Waals surface area contributed by atoms with Gasteiger partial charge in [-0.3, -0.25) is 9.59 Å². The molecule has 1 aliphatic heterocycles. The lowest BCUT2D eigenvalue weighted by atomic mass is 9.99. The molecule has 0 aromatic carbocycles. The number of aliphatic hydroxyl groups excluding tert-OH is 5. The third kappa shape index (κ3) is 37.4. The maximum Gasteiger partial charge on any atom is 0.306 e. The Morgan fingerprint density at radius 1 is 0.562 bits per heavy atom. The van der Waals surface area contributed by atoms with Crippen LogP contribution >= 0.6 is 0 Å². The van der Waals surface area contributed by atoms with Crippen LogP contribution in [0.1, 0.15) is 194 Å². The summed E-state index contributed by atoms with van der Waals surface area (Å²) in [6.07, 6.45) is 56.8. The minimum Gasteiger partial charge on any atom is -0.454 e. The van der Waals surface area contributed by atoms with Crippen LogP contribution in [-0.2, 0) is 23.8 Å². The van der Waals surface area contributed by atoms with Crippen molar-refractivity contribution in [3.8, 4) is 0 Å². The molecule has 6 N–H and O–H groups in total. The fourth-order valence-corrected chi connectivity index (χ4v) is 7.96. The van der Waals surface area contributed by atoms with Gasteiger partial charge in [0.05, 0.1) is 25.4 Å². The number of hydrogen-bond donors (Lipinski definition) is 6. The van der Waals surface area contributed by atoms with Crippen LogP contribution in [0.4, 0.5) is 0 Å². The van der Waals surface area contributed by atoms with Gasteiger partial charge in [-0.2, -0.15) is 0 Å². The summed E-state index contributed by atoms with van der Waals surface area (Å²) in [5.74, 6) is -1.31. The zero-order valence-corrected chi connectivity index (χ0v) is 45.4. The highest BCUT2D eigenvalue weighted by Crippen LogP contribution is 2.26. The lowest BCUT2D eigenvalue weighted by Gasteiger charge is -2.41. The highest BCUT2D eigenvalue weighted by molar-refractivity contribution is 5.80. The predicted octanol–water partition coefficient (Wildman–Crippen LogP) is 12.7. The van der Waals surface area contributed by atoms with Gasteiger partial charge in [-0.15, -0.1) is 0 Å². The maximum atomic E-state index is 13.4. The predicted molar refractivity (Wildman–Crippen MR) is 301 cm³/mol. The monoisotopic (exact) mass is 1020 g/mol. The Labute approximate surface area is 442 Å². The molecule has 1 fully saturated rings. The molecule has 8 unspecified atom stereocenters. The van der Waals surface area contributed by atoms with Crippen molar-refractivity contribution in [2.75, 3.05) is 13.2 Å². The van der Waals surface area contributed by atoms with Gasteiger partial charge in [0.1, 0.15) is 24.4 Å². The second kappa shape index (κ2) is 49.0. The molecule has 1 saturated heterocycles. The minimum absolute atomic E-state index is 0.0178. The quantitative estimate of drug-likeness (QED) is 0.0149. The first-order chi connectivity index (χ1) is 35.7. The zero-order valence-electron chi connectivity index (χ0n) is 45.4. The van der Waals surface area contributed by atoms with Crippen LogP contribution < -0.4 is 5.32 Å². The Bertz CT molecular complexity index is 1640. The van der Waals surface area contributed by atoms with Crippen LogP contribution in [0.5, 0.6) is 0 Å².